The Morgan fingerprint density at radius 2 is 1.74 bits per heavy atom. The summed E-state index contributed by atoms with van der Waals surface area (Å²) in [5.74, 6) is 0. The Hall–Kier alpha value is -0.620. The molecule has 0 fully saturated rings. The van der Waals surface area contributed by atoms with Crippen molar-refractivity contribution in [3.63, 3.8) is 0 Å². The van der Waals surface area contributed by atoms with Crippen LogP contribution in [0.4, 0.5) is 5.69 Å². The second kappa shape index (κ2) is 10.2. The lowest BCUT2D eigenvalue weighted by Crippen LogP contribution is -2.14. The highest BCUT2D eigenvalue weighted by atomic mass is 79.9. The molecule has 0 unspecified atom stereocenters. The number of methoxy groups -OCH3 is 1. The molecule has 0 aliphatic carbocycles. The topological polar surface area (TPSA) is 39.7 Å². The monoisotopic (exact) mass is 331 g/mol. The minimum Gasteiger partial charge on any atom is -0.382 e. The molecule has 1 rings (SSSR count). The molecule has 0 spiro atoms. The molecule has 5 heteroatoms. The fourth-order valence-electron chi connectivity index (χ4n) is 1.52. The molecule has 0 amide bonds. The van der Waals surface area contributed by atoms with E-state index in [2.05, 4.69) is 34.2 Å². The number of benzene rings is 1. The van der Waals surface area contributed by atoms with Crippen molar-refractivity contribution in [2.24, 2.45) is 0 Å². The molecule has 4 nitrogen and oxygen atoms in total. The van der Waals surface area contributed by atoms with E-state index < -0.39 is 0 Å². The fourth-order valence-corrected chi connectivity index (χ4v) is 1.89. The van der Waals surface area contributed by atoms with Crippen LogP contribution in [0.25, 0.3) is 0 Å². The predicted octanol–water partition coefficient (Wildman–Crippen LogP) is 2.85. The molecule has 1 aromatic rings. The molecule has 0 bridgehead atoms. The third-order valence-corrected chi connectivity index (χ3v) is 3.49. The van der Waals surface area contributed by atoms with Gasteiger partial charge in [0.2, 0.25) is 0 Å². The maximum atomic E-state index is 5.47. The average molecular weight is 332 g/mol. The number of hydrogen-bond donors (Lipinski definition) is 1. The van der Waals surface area contributed by atoms with E-state index in [1.807, 2.05) is 12.1 Å². The van der Waals surface area contributed by atoms with Crippen LogP contribution in [0.1, 0.15) is 5.56 Å². The van der Waals surface area contributed by atoms with Gasteiger partial charge in [0.05, 0.1) is 33.0 Å². The Morgan fingerprint density at radius 1 is 1.05 bits per heavy atom. The molecule has 0 aliphatic rings. The van der Waals surface area contributed by atoms with E-state index in [9.17, 15) is 0 Å². The van der Waals surface area contributed by atoms with Crippen molar-refractivity contribution in [1.29, 1.82) is 0 Å². The summed E-state index contributed by atoms with van der Waals surface area (Å²) in [5.41, 5.74) is 2.35. The smallest absolute Gasteiger partial charge is 0.0701 e. The van der Waals surface area contributed by atoms with Gasteiger partial charge in [-0.2, -0.15) is 0 Å². The first-order valence-corrected chi connectivity index (χ1v) is 7.18. The van der Waals surface area contributed by atoms with Crippen molar-refractivity contribution < 1.29 is 14.2 Å². The summed E-state index contributed by atoms with van der Waals surface area (Å²) in [6, 6.07) is 6.12. The lowest BCUT2D eigenvalue weighted by atomic mass is 10.2. The molecular formula is C14H22BrNO3. The van der Waals surface area contributed by atoms with Crippen LogP contribution < -0.4 is 5.32 Å². The van der Waals surface area contributed by atoms with Crippen LogP contribution in [0, 0.1) is 6.92 Å². The van der Waals surface area contributed by atoms with Crippen LogP contribution in [0.3, 0.4) is 0 Å². The van der Waals surface area contributed by atoms with Gasteiger partial charge in [0.15, 0.2) is 0 Å². The third kappa shape index (κ3) is 6.92. The van der Waals surface area contributed by atoms with E-state index >= 15 is 0 Å². The van der Waals surface area contributed by atoms with Gasteiger partial charge < -0.3 is 19.5 Å². The van der Waals surface area contributed by atoms with Crippen LogP contribution in [0.5, 0.6) is 0 Å². The average Bonchev–Trinajstić information content (AvgIpc) is 2.41. The van der Waals surface area contributed by atoms with Crippen LogP contribution >= 0.6 is 15.9 Å². The number of hydrogen-bond acceptors (Lipinski definition) is 4. The van der Waals surface area contributed by atoms with Gasteiger partial charge in [-0.05, 0) is 24.6 Å². The quantitative estimate of drug-likeness (QED) is 0.669. The minimum absolute atomic E-state index is 0.610. The van der Waals surface area contributed by atoms with Gasteiger partial charge in [0.1, 0.15) is 0 Å². The highest BCUT2D eigenvalue weighted by Gasteiger charge is 2.00. The number of ether oxygens (including phenoxy) is 3. The van der Waals surface area contributed by atoms with Crippen LogP contribution in [0.2, 0.25) is 0 Å². The third-order valence-electron chi connectivity index (χ3n) is 2.63. The van der Waals surface area contributed by atoms with Crippen LogP contribution in [-0.4, -0.2) is 46.7 Å². The Balaban J connectivity index is 2.03. The highest BCUT2D eigenvalue weighted by molar-refractivity contribution is 9.10. The Bertz CT molecular complexity index is 361. The van der Waals surface area contributed by atoms with Gasteiger partial charge in [-0.1, -0.05) is 22.0 Å². The first-order chi connectivity index (χ1) is 9.25. The molecule has 0 saturated carbocycles. The number of nitrogens with one attached hydrogen (secondary N) is 1. The van der Waals surface area contributed by atoms with Crippen molar-refractivity contribution >= 4 is 21.6 Å². The molecular weight excluding hydrogens is 310 g/mol. The molecule has 0 aliphatic heterocycles. The molecule has 0 saturated heterocycles. The first kappa shape index (κ1) is 16.4. The molecule has 0 radical (unpaired) electrons. The maximum Gasteiger partial charge on any atom is 0.0701 e. The van der Waals surface area contributed by atoms with E-state index in [1.54, 1.807) is 7.11 Å². The number of anilines is 1. The van der Waals surface area contributed by atoms with Gasteiger partial charge in [-0.15, -0.1) is 0 Å². The first-order valence-electron chi connectivity index (χ1n) is 6.39. The molecule has 0 atom stereocenters. The number of halogens is 1. The van der Waals surface area contributed by atoms with Gasteiger partial charge in [-0.3, -0.25) is 0 Å². The Labute approximate surface area is 123 Å². The molecule has 1 aromatic carbocycles. The van der Waals surface area contributed by atoms with Gasteiger partial charge >= 0.3 is 0 Å². The molecule has 1 N–H and O–H groups in total. The van der Waals surface area contributed by atoms with E-state index in [1.165, 1.54) is 5.56 Å². The van der Waals surface area contributed by atoms with Crippen molar-refractivity contribution in [2.75, 3.05) is 52.0 Å². The normalized spacial score (nSPS) is 10.7. The predicted molar refractivity (Wildman–Crippen MR) is 80.9 cm³/mol. The van der Waals surface area contributed by atoms with Gasteiger partial charge in [0.25, 0.3) is 0 Å². The standard InChI is InChI=1S/C14H22BrNO3/c1-12-13(15)4-3-5-14(12)16-6-7-18-10-11-19-9-8-17-2/h3-5,16H,6-11H2,1-2H3. The summed E-state index contributed by atoms with van der Waals surface area (Å²) in [7, 11) is 1.66. The Kier molecular flexibility index (Phi) is 8.82. The van der Waals surface area contributed by atoms with Crippen molar-refractivity contribution in [1.82, 2.24) is 0 Å². The summed E-state index contributed by atoms with van der Waals surface area (Å²) < 4.78 is 16.8. The SMILES string of the molecule is COCCOCCOCCNc1cccc(Br)c1C. The van der Waals surface area contributed by atoms with Gasteiger partial charge in [-0.25, -0.2) is 0 Å². The largest absolute Gasteiger partial charge is 0.382 e. The minimum atomic E-state index is 0.610. The molecule has 0 heterocycles. The molecule has 19 heavy (non-hydrogen) atoms. The number of rotatable bonds is 10. The second-order valence-corrected chi connectivity index (χ2v) is 4.91. The lowest BCUT2D eigenvalue weighted by molar-refractivity contribution is 0.0272. The zero-order chi connectivity index (χ0) is 13.9. The summed E-state index contributed by atoms with van der Waals surface area (Å²) in [4.78, 5) is 0. The van der Waals surface area contributed by atoms with Gasteiger partial charge in [0, 0.05) is 23.8 Å². The van der Waals surface area contributed by atoms with Crippen LogP contribution in [0.15, 0.2) is 22.7 Å². The summed E-state index contributed by atoms with van der Waals surface area (Å²) >= 11 is 3.51. The Morgan fingerprint density at radius 3 is 2.47 bits per heavy atom. The van der Waals surface area contributed by atoms with E-state index in [0.29, 0.717) is 33.0 Å². The van der Waals surface area contributed by atoms with E-state index in [0.717, 1.165) is 16.7 Å². The summed E-state index contributed by atoms with van der Waals surface area (Å²) in [6.45, 7) is 6.01. The summed E-state index contributed by atoms with van der Waals surface area (Å²) in [6.07, 6.45) is 0. The van der Waals surface area contributed by atoms with Crippen molar-refractivity contribution in [2.45, 2.75) is 6.92 Å². The lowest BCUT2D eigenvalue weighted by Gasteiger charge is -2.11. The molecule has 108 valence electrons. The van der Waals surface area contributed by atoms with E-state index in [4.69, 9.17) is 14.2 Å². The zero-order valence-electron chi connectivity index (χ0n) is 11.6. The van der Waals surface area contributed by atoms with Crippen LogP contribution in [-0.2, 0) is 14.2 Å². The zero-order valence-corrected chi connectivity index (χ0v) is 13.2. The summed E-state index contributed by atoms with van der Waals surface area (Å²) in [5, 5.41) is 3.35. The van der Waals surface area contributed by atoms with Crippen molar-refractivity contribution in [3.05, 3.63) is 28.2 Å². The second-order valence-electron chi connectivity index (χ2n) is 4.06. The maximum absolute atomic E-state index is 5.47. The van der Waals surface area contributed by atoms with Crippen molar-refractivity contribution in [3.8, 4) is 0 Å². The molecule has 0 aromatic heterocycles. The highest BCUT2D eigenvalue weighted by Crippen LogP contribution is 2.22. The fraction of sp³-hybridized carbons (Fsp3) is 0.571. The van der Waals surface area contributed by atoms with E-state index in [-0.39, 0.29) is 0 Å².